The van der Waals surface area contributed by atoms with Gasteiger partial charge in [0, 0.05) is 16.0 Å². The Morgan fingerprint density at radius 2 is 1.90 bits per heavy atom. The molecular formula is C18H24ClNO. The summed E-state index contributed by atoms with van der Waals surface area (Å²) in [6, 6.07) is 5.77. The summed E-state index contributed by atoms with van der Waals surface area (Å²) in [4.78, 5) is 13.2. The van der Waals surface area contributed by atoms with Crippen molar-refractivity contribution in [1.82, 2.24) is 5.32 Å². The molecule has 0 aromatic heterocycles. The van der Waals surface area contributed by atoms with Gasteiger partial charge in [0.15, 0.2) is 5.78 Å². The van der Waals surface area contributed by atoms with E-state index in [2.05, 4.69) is 12.2 Å². The minimum absolute atomic E-state index is 0.185. The lowest BCUT2D eigenvalue weighted by Gasteiger charge is -2.38. The number of hydrogen-bond donors (Lipinski definition) is 1. The quantitative estimate of drug-likeness (QED) is 0.836. The van der Waals surface area contributed by atoms with Crippen molar-refractivity contribution in [2.75, 3.05) is 13.1 Å². The molecule has 1 saturated carbocycles. The van der Waals surface area contributed by atoms with Crippen LogP contribution in [0.1, 0.15) is 54.9 Å². The fraction of sp³-hybridized carbons (Fsp3) is 0.611. The van der Waals surface area contributed by atoms with E-state index in [4.69, 9.17) is 11.6 Å². The second-order valence-electron chi connectivity index (χ2n) is 7.31. The maximum absolute atomic E-state index is 13.2. The third-order valence-electron chi connectivity index (χ3n) is 5.35. The van der Waals surface area contributed by atoms with E-state index in [0.717, 1.165) is 43.5 Å². The van der Waals surface area contributed by atoms with Crippen molar-refractivity contribution < 1.29 is 4.79 Å². The van der Waals surface area contributed by atoms with Crippen LogP contribution in [0.2, 0.25) is 5.02 Å². The third kappa shape index (κ3) is 3.02. The fourth-order valence-corrected chi connectivity index (χ4v) is 3.82. The molecule has 21 heavy (non-hydrogen) atoms. The van der Waals surface area contributed by atoms with E-state index >= 15 is 0 Å². The van der Waals surface area contributed by atoms with Crippen molar-refractivity contribution in [3.8, 4) is 0 Å². The van der Waals surface area contributed by atoms with E-state index < -0.39 is 0 Å². The molecule has 1 aliphatic carbocycles. The van der Waals surface area contributed by atoms with Gasteiger partial charge < -0.3 is 5.32 Å². The summed E-state index contributed by atoms with van der Waals surface area (Å²) in [6.07, 6.45) is 5.47. The molecule has 2 fully saturated rings. The minimum Gasteiger partial charge on any atom is -0.317 e. The largest absolute Gasteiger partial charge is 0.317 e. The summed E-state index contributed by atoms with van der Waals surface area (Å²) in [5, 5.41) is 4.09. The number of benzene rings is 1. The van der Waals surface area contributed by atoms with Crippen molar-refractivity contribution in [3.05, 3.63) is 34.3 Å². The molecule has 114 valence electrons. The predicted octanol–water partition coefficient (Wildman–Crippen LogP) is 4.39. The number of ketones is 1. The highest BCUT2D eigenvalue weighted by atomic mass is 35.5. The van der Waals surface area contributed by atoms with Crippen LogP contribution in [0, 0.1) is 17.8 Å². The van der Waals surface area contributed by atoms with Crippen molar-refractivity contribution in [1.29, 1.82) is 0 Å². The molecule has 0 bridgehead atoms. The molecule has 0 amide bonds. The van der Waals surface area contributed by atoms with Crippen LogP contribution >= 0.6 is 11.6 Å². The number of nitrogens with one attached hydrogen (secondary N) is 1. The van der Waals surface area contributed by atoms with Crippen molar-refractivity contribution >= 4 is 17.4 Å². The highest BCUT2D eigenvalue weighted by Gasteiger charge is 2.49. The monoisotopic (exact) mass is 305 g/mol. The SMILES string of the molecule is Cc1ccc(C(=O)C2(CC3(C)CC3)CCNCC2)cc1Cl. The maximum Gasteiger partial charge on any atom is 0.169 e. The highest BCUT2D eigenvalue weighted by molar-refractivity contribution is 6.31. The summed E-state index contributed by atoms with van der Waals surface area (Å²) in [5.74, 6) is 0.305. The molecule has 2 nitrogen and oxygen atoms in total. The molecule has 0 atom stereocenters. The first kappa shape index (κ1) is 15.1. The van der Waals surface area contributed by atoms with Crippen LogP contribution in [0.4, 0.5) is 0 Å². The summed E-state index contributed by atoms with van der Waals surface area (Å²) < 4.78 is 0. The van der Waals surface area contributed by atoms with Crippen LogP contribution in [0.5, 0.6) is 0 Å². The zero-order valence-electron chi connectivity index (χ0n) is 13.0. The smallest absolute Gasteiger partial charge is 0.169 e. The van der Waals surface area contributed by atoms with Crippen LogP contribution < -0.4 is 5.32 Å². The average molecular weight is 306 g/mol. The number of carbonyl (C=O) groups excluding carboxylic acids is 1. The summed E-state index contributed by atoms with van der Waals surface area (Å²) >= 11 is 6.22. The standard InChI is InChI=1S/C18H24ClNO/c1-13-3-4-14(11-15(13)19)16(21)18(7-9-20-10-8-18)12-17(2)5-6-17/h3-4,11,20H,5-10,12H2,1-2H3. The van der Waals surface area contributed by atoms with Crippen molar-refractivity contribution in [2.24, 2.45) is 10.8 Å². The van der Waals surface area contributed by atoms with E-state index in [-0.39, 0.29) is 5.41 Å². The Bertz CT molecular complexity index is 556. The first-order valence-electron chi connectivity index (χ1n) is 7.96. The molecule has 0 unspecified atom stereocenters. The van der Waals surface area contributed by atoms with Gasteiger partial charge in [-0.3, -0.25) is 4.79 Å². The normalized spacial score (nSPS) is 22.8. The van der Waals surface area contributed by atoms with Crippen LogP contribution in [0.3, 0.4) is 0 Å². The number of Topliss-reactive ketones (excluding diaryl/α,β-unsaturated/α-hetero) is 1. The number of piperidine rings is 1. The van der Waals surface area contributed by atoms with Crippen molar-refractivity contribution in [3.63, 3.8) is 0 Å². The fourth-order valence-electron chi connectivity index (χ4n) is 3.64. The van der Waals surface area contributed by atoms with Gasteiger partial charge in [-0.25, -0.2) is 0 Å². The van der Waals surface area contributed by atoms with Crippen LogP contribution in [0.25, 0.3) is 0 Å². The van der Waals surface area contributed by atoms with Gasteiger partial charge in [-0.2, -0.15) is 0 Å². The molecule has 2 aliphatic rings. The molecule has 1 N–H and O–H groups in total. The van der Waals surface area contributed by atoms with E-state index in [1.807, 2.05) is 25.1 Å². The Balaban J connectivity index is 1.91. The van der Waals surface area contributed by atoms with Crippen LogP contribution in [-0.4, -0.2) is 18.9 Å². The summed E-state index contributed by atoms with van der Waals surface area (Å²) in [6.45, 7) is 6.19. The Morgan fingerprint density at radius 3 is 2.48 bits per heavy atom. The van der Waals surface area contributed by atoms with E-state index in [9.17, 15) is 4.79 Å². The minimum atomic E-state index is -0.185. The lowest BCUT2D eigenvalue weighted by atomic mass is 9.67. The Hall–Kier alpha value is -0.860. The molecule has 1 heterocycles. The second kappa shape index (κ2) is 5.40. The van der Waals surface area contributed by atoms with Gasteiger partial charge in [0.25, 0.3) is 0 Å². The van der Waals surface area contributed by atoms with E-state index in [1.54, 1.807) is 0 Å². The number of aryl methyl sites for hydroxylation is 1. The number of hydrogen-bond acceptors (Lipinski definition) is 2. The molecule has 0 radical (unpaired) electrons. The van der Waals surface area contributed by atoms with Gasteiger partial charge in [0.2, 0.25) is 0 Å². The van der Waals surface area contributed by atoms with E-state index in [0.29, 0.717) is 16.2 Å². The first-order chi connectivity index (χ1) is 9.94. The first-order valence-corrected chi connectivity index (χ1v) is 8.34. The van der Waals surface area contributed by atoms with E-state index in [1.165, 1.54) is 12.8 Å². The number of rotatable bonds is 4. The molecule has 1 aliphatic heterocycles. The molecule has 3 heteroatoms. The topological polar surface area (TPSA) is 29.1 Å². The lowest BCUT2D eigenvalue weighted by molar-refractivity contribution is 0.0655. The van der Waals surface area contributed by atoms with Crippen LogP contribution in [0.15, 0.2) is 18.2 Å². The lowest BCUT2D eigenvalue weighted by Crippen LogP contribution is -2.43. The maximum atomic E-state index is 13.2. The molecule has 1 aromatic rings. The second-order valence-corrected chi connectivity index (χ2v) is 7.72. The van der Waals surface area contributed by atoms with Gasteiger partial charge in [-0.05, 0) is 69.2 Å². The zero-order valence-corrected chi connectivity index (χ0v) is 13.7. The Morgan fingerprint density at radius 1 is 1.24 bits per heavy atom. The van der Waals surface area contributed by atoms with Crippen LogP contribution in [-0.2, 0) is 0 Å². The molecule has 0 spiro atoms. The van der Waals surface area contributed by atoms with Gasteiger partial charge in [-0.15, -0.1) is 0 Å². The summed E-state index contributed by atoms with van der Waals surface area (Å²) in [5.41, 5.74) is 2.02. The predicted molar refractivity (Wildman–Crippen MR) is 87.0 cm³/mol. The summed E-state index contributed by atoms with van der Waals surface area (Å²) in [7, 11) is 0. The molecule has 1 saturated heterocycles. The number of carbonyl (C=O) groups is 1. The van der Waals surface area contributed by atoms with Gasteiger partial charge in [0.1, 0.15) is 0 Å². The zero-order chi connectivity index (χ0) is 15.1. The Labute approximate surface area is 132 Å². The number of halogens is 1. The van der Waals surface area contributed by atoms with Gasteiger partial charge in [0.05, 0.1) is 0 Å². The van der Waals surface area contributed by atoms with Crippen molar-refractivity contribution in [2.45, 2.75) is 46.0 Å². The molecule has 3 rings (SSSR count). The third-order valence-corrected chi connectivity index (χ3v) is 5.75. The van der Waals surface area contributed by atoms with Gasteiger partial charge >= 0.3 is 0 Å². The van der Waals surface area contributed by atoms with Gasteiger partial charge in [-0.1, -0.05) is 30.7 Å². The Kier molecular flexibility index (Phi) is 3.87. The average Bonchev–Trinajstić information content (AvgIpc) is 3.19. The molecule has 1 aromatic carbocycles. The highest BCUT2D eigenvalue weighted by Crippen LogP contribution is 2.55. The molecular weight excluding hydrogens is 282 g/mol.